The molecule has 0 saturated carbocycles. The van der Waals surface area contributed by atoms with Crippen molar-refractivity contribution >= 4 is 23.4 Å². The maximum absolute atomic E-state index is 13.4. The minimum Gasteiger partial charge on any atom is -0.733 e. The predicted molar refractivity (Wildman–Crippen MR) is 133 cm³/mol. The van der Waals surface area contributed by atoms with E-state index in [1.807, 2.05) is 60.5 Å². The number of hydrogen-bond acceptors (Lipinski definition) is 6. The molecule has 1 saturated heterocycles. The lowest BCUT2D eigenvalue weighted by atomic mass is 9.87. The molecule has 34 heavy (non-hydrogen) atoms. The number of benzene rings is 2. The molecule has 178 valence electrons. The van der Waals surface area contributed by atoms with Crippen LogP contribution < -0.4 is 9.96 Å². The molecule has 0 aliphatic carbocycles. The van der Waals surface area contributed by atoms with E-state index in [1.54, 1.807) is 23.9 Å². The Morgan fingerprint density at radius 3 is 2.44 bits per heavy atom. The van der Waals surface area contributed by atoms with Gasteiger partial charge in [0.25, 0.3) is 5.91 Å². The van der Waals surface area contributed by atoms with E-state index in [4.69, 9.17) is 4.74 Å². The SMILES string of the molecule is CSC12c3cc(C)n(-c4ccc(N([O-])O)cc4)c3CC(C)(C)CN1C(=O)C2Oc1ccccc1. The molecule has 3 heterocycles. The second-order valence-electron chi connectivity index (χ2n) is 9.75. The summed E-state index contributed by atoms with van der Waals surface area (Å²) in [6.45, 7) is 7.04. The van der Waals surface area contributed by atoms with E-state index < -0.39 is 11.0 Å². The number of hydrogen-bond donors (Lipinski definition) is 1. The highest BCUT2D eigenvalue weighted by atomic mass is 32.2. The number of β-lactam (4-membered cyclic amide) rings is 1. The van der Waals surface area contributed by atoms with E-state index in [0.717, 1.165) is 29.1 Å². The third-order valence-electron chi connectivity index (χ3n) is 6.79. The molecule has 0 radical (unpaired) electrons. The number of carbonyl (C=O) groups is 1. The summed E-state index contributed by atoms with van der Waals surface area (Å²) in [5.41, 5.74) is 4.16. The van der Waals surface area contributed by atoms with Gasteiger partial charge in [-0.05, 0) is 67.5 Å². The van der Waals surface area contributed by atoms with Gasteiger partial charge in [-0.3, -0.25) is 10.0 Å². The third kappa shape index (κ3) is 3.40. The molecule has 2 unspecified atom stereocenters. The molecule has 2 aliphatic heterocycles. The molecule has 8 heteroatoms. The lowest BCUT2D eigenvalue weighted by molar-refractivity contribution is -0.171. The van der Waals surface area contributed by atoms with Gasteiger partial charge in [-0.2, -0.15) is 0 Å². The van der Waals surface area contributed by atoms with Crippen molar-refractivity contribution in [2.24, 2.45) is 5.41 Å². The molecule has 7 nitrogen and oxygen atoms in total. The van der Waals surface area contributed by atoms with Crippen LogP contribution in [0.4, 0.5) is 5.69 Å². The Morgan fingerprint density at radius 2 is 1.82 bits per heavy atom. The van der Waals surface area contributed by atoms with E-state index in [9.17, 15) is 15.2 Å². The maximum atomic E-state index is 13.4. The number of fused-ring (bicyclic) bond motifs is 3. The van der Waals surface area contributed by atoms with Crippen molar-refractivity contribution in [3.8, 4) is 11.4 Å². The number of thioether (sulfide) groups is 1. The Labute approximate surface area is 203 Å². The molecule has 1 amide bonds. The summed E-state index contributed by atoms with van der Waals surface area (Å²) in [5, 5.41) is 20.4. The second kappa shape index (κ2) is 8.08. The zero-order valence-corrected chi connectivity index (χ0v) is 20.5. The van der Waals surface area contributed by atoms with E-state index in [2.05, 4.69) is 24.5 Å². The third-order valence-corrected chi connectivity index (χ3v) is 8.07. The topological polar surface area (TPSA) is 81.0 Å². The lowest BCUT2D eigenvalue weighted by Crippen LogP contribution is -2.72. The van der Waals surface area contributed by atoms with Crippen molar-refractivity contribution in [3.63, 3.8) is 0 Å². The van der Waals surface area contributed by atoms with E-state index in [-0.39, 0.29) is 22.2 Å². The Balaban J connectivity index is 1.66. The van der Waals surface area contributed by atoms with Gasteiger partial charge in [0, 0.05) is 29.2 Å². The number of aryl methyl sites for hydroxylation is 1. The fourth-order valence-electron chi connectivity index (χ4n) is 5.32. The van der Waals surface area contributed by atoms with E-state index >= 15 is 0 Å². The van der Waals surface area contributed by atoms with Gasteiger partial charge in [0.1, 0.15) is 5.75 Å². The Kier molecular flexibility index (Phi) is 5.42. The maximum Gasteiger partial charge on any atom is 0.269 e. The number of anilines is 1. The van der Waals surface area contributed by atoms with Gasteiger partial charge in [0.15, 0.2) is 4.87 Å². The highest BCUT2D eigenvalue weighted by Gasteiger charge is 2.66. The smallest absolute Gasteiger partial charge is 0.269 e. The average Bonchev–Trinajstić information content (AvgIpc) is 3.09. The number of amides is 1. The molecule has 2 aliphatic rings. The van der Waals surface area contributed by atoms with Crippen LogP contribution in [0, 0.1) is 17.5 Å². The van der Waals surface area contributed by atoms with Gasteiger partial charge in [-0.25, -0.2) is 0 Å². The summed E-state index contributed by atoms with van der Waals surface area (Å²) in [7, 11) is 0. The molecule has 3 aromatic rings. The van der Waals surface area contributed by atoms with Crippen molar-refractivity contribution in [1.29, 1.82) is 0 Å². The van der Waals surface area contributed by atoms with Crippen LogP contribution in [0.15, 0.2) is 60.7 Å². The Morgan fingerprint density at radius 1 is 1.15 bits per heavy atom. The summed E-state index contributed by atoms with van der Waals surface area (Å²) in [6, 6.07) is 18.5. The van der Waals surface area contributed by atoms with Crippen LogP contribution in [0.25, 0.3) is 5.69 Å². The number of carbonyl (C=O) groups excluding carboxylic acids is 1. The molecule has 1 fully saturated rings. The molecule has 5 rings (SSSR count). The summed E-state index contributed by atoms with van der Waals surface area (Å²) < 4.78 is 8.51. The van der Waals surface area contributed by atoms with Crippen LogP contribution >= 0.6 is 11.8 Å². The summed E-state index contributed by atoms with van der Waals surface area (Å²) in [4.78, 5) is 14.7. The first kappa shape index (κ1) is 22.8. The van der Waals surface area contributed by atoms with Gasteiger partial charge in [0.2, 0.25) is 6.10 Å². The highest BCUT2D eigenvalue weighted by Crippen LogP contribution is 2.56. The van der Waals surface area contributed by atoms with Crippen LogP contribution in [0.5, 0.6) is 5.75 Å². The average molecular weight is 479 g/mol. The quantitative estimate of drug-likeness (QED) is 0.416. The zero-order valence-electron chi connectivity index (χ0n) is 19.7. The first-order valence-corrected chi connectivity index (χ1v) is 12.5. The standard InChI is InChI=1S/C26H28N3O4S/c1-17-14-21-22(28(17)18-10-12-19(13-11-18)29(31)32)15-25(2,3)16-27-24(30)23(26(21,27)34-4)33-20-8-6-5-7-9-20/h5-14,23,31H,15-16H2,1-4H3/q-1. The van der Waals surface area contributed by atoms with Gasteiger partial charge >= 0.3 is 0 Å². The summed E-state index contributed by atoms with van der Waals surface area (Å²) in [5.74, 6) is 0.685. The normalized spacial score (nSPS) is 22.9. The van der Waals surface area contributed by atoms with Gasteiger partial charge in [0.05, 0.1) is 5.69 Å². The van der Waals surface area contributed by atoms with E-state index in [1.165, 1.54) is 0 Å². The Hall–Kier alpha value is -2.94. The Bertz CT molecular complexity index is 1220. The van der Waals surface area contributed by atoms with Gasteiger partial charge in [-0.1, -0.05) is 32.0 Å². The van der Waals surface area contributed by atoms with Crippen molar-refractivity contribution in [2.45, 2.75) is 38.2 Å². The molecule has 2 aromatic carbocycles. The monoisotopic (exact) mass is 478 g/mol. The summed E-state index contributed by atoms with van der Waals surface area (Å²) in [6.07, 6.45) is 2.18. The first-order valence-electron chi connectivity index (χ1n) is 11.2. The molecule has 1 N–H and O–H groups in total. The number of aromatic nitrogens is 1. The number of para-hydroxylation sites is 1. The lowest BCUT2D eigenvalue weighted by Gasteiger charge is -2.56. The molecule has 2 atom stereocenters. The predicted octanol–water partition coefficient (Wildman–Crippen LogP) is 4.87. The van der Waals surface area contributed by atoms with Crippen LogP contribution in [-0.2, 0) is 16.1 Å². The highest BCUT2D eigenvalue weighted by molar-refractivity contribution is 7.99. The first-order chi connectivity index (χ1) is 16.2. The number of nitrogens with zero attached hydrogens (tertiary/aromatic N) is 3. The summed E-state index contributed by atoms with van der Waals surface area (Å²) >= 11 is 1.64. The molecule has 1 aromatic heterocycles. The largest absolute Gasteiger partial charge is 0.733 e. The fraction of sp³-hybridized carbons (Fsp3) is 0.346. The van der Waals surface area contributed by atoms with Crippen molar-refractivity contribution in [3.05, 3.63) is 82.8 Å². The van der Waals surface area contributed by atoms with Crippen molar-refractivity contribution < 1.29 is 14.7 Å². The van der Waals surface area contributed by atoms with E-state index in [0.29, 0.717) is 12.3 Å². The van der Waals surface area contributed by atoms with Crippen molar-refractivity contribution in [1.82, 2.24) is 9.47 Å². The molecular formula is C26H28N3O4S-. The minimum absolute atomic E-state index is 0.00682. The fourth-order valence-corrected chi connectivity index (χ4v) is 6.46. The van der Waals surface area contributed by atoms with Gasteiger partial charge in [-0.15, -0.1) is 11.8 Å². The van der Waals surface area contributed by atoms with Crippen LogP contribution in [0.2, 0.25) is 0 Å². The minimum atomic E-state index is -0.636. The zero-order chi connectivity index (χ0) is 24.3. The van der Waals surface area contributed by atoms with Gasteiger partial charge < -0.3 is 24.6 Å². The van der Waals surface area contributed by atoms with Crippen molar-refractivity contribution in [2.75, 3.05) is 18.0 Å². The molecular weight excluding hydrogens is 450 g/mol. The van der Waals surface area contributed by atoms with Crippen LogP contribution in [-0.4, -0.2) is 39.5 Å². The molecule has 0 bridgehead atoms. The molecule has 0 spiro atoms. The van der Waals surface area contributed by atoms with Crippen LogP contribution in [0.3, 0.4) is 0 Å². The number of rotatable bonds is 5. The van der Waals surface area contributed by atoms with Crippen LogP contribution in [0.1, 0.15) is 30.8 Å². The number of ether oxygens (including phenoxy) is 1. The second-order valence-corrected chi connectivity index (χ2v) is 10.8.